The largest absolute Gasteiger partial charge is 0.394 e. The predicted molar refractivity (Wildman–Crippen MR) is 33.4 cm³/mol. The van der Waals surface area contributed by atoms with Crippen molar-refractivity contribution >= 4 is 0 Å². The fourth-order valence-electron chi connectivity index (χ4n) is 1.09. The first-order valence-corrected chi connectivity index (χ1v) is 3.29. The van der Waals surface area contributed by atoms with Crippen molar-refractivity contribution in [3.8, 4) is 0 Å². The maximum absolute atomic E-state index is 9.09. The van der Waals surface area contributed by atoms with Gasteiger partial charge in [0.05, 0.1) is 12.7 Å². The summed E-state index contributed by atoms with van der Waals surface area (Å²) in [5.74, 6) is 0. The van der Waals surface area contributed by atoms with E-state index in [-0.39, 0.29) is 12.7 Å². The number of aliphatic hydroxyl groups excluding tert-OH is 3. The molecule has 3 N–H and O–H groups in total. The van der Waals surface area contributed by atoms with E-state index in [1.807, 2.05) is 0 Å². The van der Waals surface area contributed by atoms with Crippen LogP contribution in [0.3, 0.4) is 0 Å². The van der Waals surface area contributed by atoms with Gasteiger partial charge in [-0.2, -0.15) is 0 Å². The summed E-state index contributed by atoms with van der Waals surface area (Å²) >= 11 is 0. The lowest BCUT2D eigenvalue weighted by atomic mass is 10.1. The van der Waals surface area contributed by atoms with Crippen molar-refractivity contribution in [1.29, 1.82) is 0 Å². The molecule has 0 saturated carbocycles. The van der Waals surface area contributed by atoms with Crippen LogP contribution in [0.25, 0.3) is 0 Å². The van der Waals surface area contributed by atoms with Crippen molar-refractivity contribution in [3.63, 3.8) is 0 Å². The van der Waals surface area contributed by atoms with E-state index >= 15 is 0 Å². The van der Waals surface area contributed by atoms with Crippen molar-refractivity contribution in [2.24, 2.45) is 0 Å². The van der Waals surface area contributed by atoms with E-state index in [2.05, 4.69) is 0 Å². The van der Waals surface area contributed by atoms with Crippen LogP contribution in [0.15, 0.2) is 0 Å². The highest BCUT2D eigenvalue weighted by molar-refractivity contribution is 4.87. The van der Waals surface area contributed by atoms with Crippen LogP contribution in [-0.2, 0) is 4.74 Å². The van der Waals surface area contributed by atoms with Crippen LogP contribution in [0.5, 0.6) is 0 Å². The number of rotatable bonds is 1. The predicted octanol–water partition coefficient (Wildman–Crippen LogP) is -1.51. The van der Waals surface area contributed by atoms with Crippen LogP contribution in [-0.4, -0.2) is 46.3 Å². The van der Waals surface area contributed by atoms with E-state index in [9.17, 15) is 0 Å². The average molecular weight is 148 g/mol. The Balaban J connectivity index is 2.53. The molecule has 60 valence electrons. The second kappa shape index (κ2) is 2.84. The van der Waals surface area contributed by atoms with Gasteiger partial charge in [-0.25, -0.2) is 0 Å². The topological polar surface area (TPSA) is 69.9 Å². The van der Waals surface area contributed by atoms with Crippen molar-refractivity contribution in [3.05, 3.63) is 0 Å². The summed E-state index contributed by atoms with van der Waals surface area (Å²) < 4.78 is 4.98. The first-order valence-electron chi connectivity index (χ1n) is 3.29. The summed E-state index contributed by atoms with van der Waals surface area (Å²) in [6.07, 6.45) is -2.81. The highest BCUT2D eigenvalue weighted by Gasteiger charge is 2.39. The monoisotopic (exact) mass is 148 g/mol. The van der Waals surface area contributed by atoms with Gasteiger partial charge in [-0.3, -0.25) is 0 Å². The van der Waals surface area contributed by atoms with Crippen LogP contribution < -0.4 is 0 Å². The Labute approximate surface area is 59.1 Å². The number of ether oxygens (including phenoxy) is 1. The van der Waals surface area contributed by atoms with E-state index in [0.29, 0.717) is 0 Å². The Morgan fingerprint density at radius 3 is 2.10 bits per heavy atom. The Morgan fingerprint density at radius 2 is 1.90 bits per heavy atom. The molecule has 4 heteroatoms. The Kier molecular flexibility index (Phi) is 2.25. The molecule has 0 aromatic carbocycles. The summed E-state index contributed by atoms with van der Waals surface area (Å²) in [7, 11) is 0. The minimum absolute atomic E-state index is 0.247. The van der Waals surface area contributed by atoms with E-state index in [1.54, 1.807) is 6.92 Å². The Hall–Kier alpha value is -0.160. The van der Waals surface area contributed by atoms with Gasteiger partial charge in [0.2, 0.25) is 0 Å². The minimum atomic E-state index is -0.944. The summed E-state index contributed by atoms with van der Waals surface area (Å²) in [5.41, 5.74) is 0. The number of hydrogen-bond donors (Lipinski definition) is 3. The van der Waals surface area contributed by atoms with Crippen LogP contribution in [0, 0.1) is 0 Å². The molecular weight excluding hydrogens is 136 g/mol. The Morgan fingerprint density at radius 1 is 1.30 bits per heavy atom. The first kappa shape index (κ1) is 7.94. The van der Waals surface area contributed by atoms with Gasteiger partial charge in [0, 0.05) is 0 Å². The van der Waals surface area contributed by atoms with Crippen LogP contribution in [0.1, 0.15) is 6.92 Å². The van der Waals surface area contributed by atoms with Gasteiger partial charge in [-0.15, -0.1) is 0 Å². The summed E-state index contributed by atoms with van der Waals surface area (Å²) in [5, 5.41) is 26.8. The molecule has 0 radical (unpaired) electrons. The Bertz CT molecular complexity index is 116. The van der Waals surface area contributed by atoms with Gasteiger partial charge in [0.25, 0.3) is 0 Å². The molecule has 1 saturated heterocycles. The van der Waals surface area contributed by atoms with Gasteiger partial charge in [-0.05, 0) is 6.92 Å². The highest BCUT2D eigenvalue weighted by atomic mass is 16.5. The molecule has 1 unspecified atom stereocenters. The second-order valence-corrected chi connectivity index (χ2v) is 2.54. The third-order valence-corrected chi connectivity index (χ3v) is 1.78. The smallest absolute Gasteiger partial charge is 0.111 e. The van der Waals surface area contributed by atoms with Crippen LogP contribution in [0.2, 0.25) is 0 Å². The van der Waals surface area contributed by atoms with Crippen molar-refractivity contribution in [1.82, 2.24) is 0 Å². The highest BCUT2D eigenvalue weighted by Crippen LogP contribution is 2.19. The van der Waals surface area contributed by atoms with Crippen molar-refractivity contribution < 1.29 is 20.1 Å². The average Bonchev–Trinajstić information content (AvgIpc) is 2.17. The SMILES string of the molecule is C[C@@H]1O[C@H](CO)[C@@H](O)C1O. The van der Waals surface area contributed by atoms with E-state index in [4.69, 9.17) is 20.1 Å². The third kappa shape index (κ3) is 1.15. The minimum Gasteiger partial charge on any atom is -0.394 e. The van der Waals surface area contributed by atoms with E-state index in [1.165, 1.54) is 0 Å². The van der Waals surface area contributed by atoms with Crippen LogP contribution >= 0.6 is 0 Å². The lowest BCUT2D eigenvalue weighted by molar-refractivity contribution is -0.0171. The molecule has 10 heavy (non-hydrogen) atoms. The van der Waals surface area contributed by atoms with Gasteiger partial charge >= 0.3 is 0 Å². The quantitative estimate of drug-likeness (QED) is 0.422. The maximum Gasteiger partial charge on any atom is 0.111 e. The molecule has 1 aliphatic rings. The standard InChI is InChI=1S/C6H12O4/c1-3-5(8)6(9)4(2-7)10-3/h3-9H,2H2,1H3/t3-,4+,5?,6+/m0/s1. The normalized spacial score (nSPS) is 48.0. The molecule has 0 amide bonds. The third-order valence-electron chi connectivity index (χ3n) is 1.78. The molecule has 1 heterocycles. The zero-order valence-corrected chi connectivity index (χ0v) is 5.77. The lowest BCUT2D eigenvalue weighted by Crippen LogP contribution is -2.33. The molecule has 0 aliphatic carbocycles. The lowest BCUT2D eigenvalue weighted by Gasteiger charge is -2.10. The molecule has 4 atom stereocenters. The summed E-state index contributed by atoms with van der Waals surface area (Å²) in [4.78, 5) is 0. The molecular formula is C6H12O4. The molecule has 1 aliphatic heterocycles. The maximum atomic E-state index is 9.09. The van der Waals surface area contributed by atoms with Crippen molar-refractivity contribution in [2.75, 3.05) is 6.61 Å². The second-order valence-electron chi connectivity index (χ2n) is 2.54. The molecule has 0 bridgehead atoms. The number of aliphatic hydroxyl groups is 3. The van der Waals surface area contributed by atoms with Gasteiger partial charge in [-0.1, -0.05) is 0 Å². The zero-order valence-electron chi connectivity index (χ0n) is 5.77. The van der Waals surface area contributed by atoms with Crippen LogP contribution in [0.4, 0.5) is 0 Å². The molecule has 0 spiro atoms. The van der Waals surface area contributed by atoms with Gasteiger partial charge in [0.15, 0.2) is 0 Å². The van der Waals surface area contributed by atoms with E-state index < -0.39 is 18.3 Å². The fraction of sp³-hybridized carbons (Fsp3) is 1.00. The summed E-state index contributed by atoms with van der Waals surface area (Å²) in [6.45, 7) is 1.41. The van der Waals surface area contributed by atoms with Crippen molar-refractivity contribution in [2.45, 2.75) is 31.3 Å². The number of hydrogen-bond acceptors (Lipinski definition) is 4. The zero-order chi connectivity index (χ0) is 7.72. The molecule has 0 aromatic heterocycles. The molecule has 0 aromatic rings. The molecule has 4 nitrogen and oxygen atoms in total. The van der Waals surface area contributed by atoms with E-state index in [0.717, 1.165) is 0 Å². The van der Waals surface area contributed by atoms with Gasteiger partial charge in [0.1, 0.15) is 18.3 Å². The molecule has 1 rings (SSSR count). The first-order chi connectivity index (χ1) is 4.66. The van der Waals surface area contributed by atoms with Gasteiger partial charge < -0.3 is 20.1 Å². The summed E-state index contributed by atoms with van der Waals surface area (Å²) in [6, 6.07) is 0. The fourth-order valence-corrected chi connectivity index (χ4v) is 1.09. The molecule has 1 fully saturated rings.